The van der Waals surface area contributed by atoms with Gasteiger partial charge in [0.15, 0.2) is 16.9 Å². The fourth-order valence-electron chi connectivity index (χ4n) is 3.95. The Hall–Kier alpha value is -4.27. The number of imidazole rings is 1. The molecule has 4 aromatic rings. The molecule has 1 aliphatic rings. The van der Waals surface area contributed by atoms with Crippen molar-refractivity contribution in [3.8, 4) is 17.2 Å². The molecule has 0 fully saturated rings. The number of aromatic hydroxyl groups is 1. The number of ether oxygens (including phenoxy) is 2. The Morgan fingerprint density at radius 2 is 2.00 bits per heavy atom. The van der Waals surface area contributed by atoms with Gasteiger partial charge in [-0.05, 0) is 18.2 Å². The average molecular weight is 447 g/mol. The van der Waals surface area contributed by atoms with E-state index in [0.29, 0.717) is 41.1 Å². The maximum Gasteiger partial charge on any atom is 0.231 e. The second-order valence-corrected chi connectivity index (χ2v) is 7.69. The summed E-state index contributed by atoms with van der Waals surface area (Å²) in [5.41, 5.74) is 0.842. The Morgan fingerprint density at radius 3 is 2.82 bits per heavy atom. The van der Waals surface area contributed by atoms with Gasteiger partial charge in [-0.2, -0.15) is 0 Å². The van der Waals surface area contributed by atoms with Gasteiger partial charge in [0, 0.05) is 55.0 Å². The molecule has 9 nitrogen and oxygen atoms in total. The third-order valence-electron chi connectivity index (χ3n) is 5.62. The van der Waals surface area contributed by atoms with Gasteiger partial charge in [-0.1, -0.05) is 12.1 Å². The lowest BCUT2D eigenvalue weighted by Crippen LogP contribution is -2.29. The standard InChI is InChI=1S/C24H21N3O6/c28-19-11-22-21(32-14-33-22)9-17(19)16(10-23(29)26-6-8-27-7-5-25-13-27)18-12-31-20-4-2-1-3-15(20)24(18)30/h1-5,7,9,11-13,16,28H,6,8,10,14H2,(H,26,29). The fourth-order valence-corrected chi connectivity index (χ4v) is 3.95. The van der Waals surface area contributed by atoms with Crippen LogP contribution >= 0.6 is 0 Å². The van der Waals surface area contributed by atoms with Crippen LogP contribution < -0.4 is 20.2 Å². The third-order valence-corrected chi connectivity index (χ3v) is 5.62. The van der Waals surface area contributed by atoms with Crippen LogP contribution in [0.15, 0.2) is 70.6 Å². The van der Waals surface area contributed by atoms with Gasteiger partial charge < -0.3 is 28.9 Å². The van der Waals surface area contributed by atoms with Crippen molar-refractivity contribution in [3.63, 3.8) is 0 Å². The Labute approximate surface area is 188 Å². The van der Waals surface area contributed by atoms with Crippen LogP contribution in [0.2, 0.25) is 0 Å². The first kappa shape index (κ1) is 20.6. The first-order valence-corrected chi connectivity index (χ1v) is 10.5. The van der Waals surface area contributed by atoms with Crippen molar-refractivity contribution in [2.45, 2.75) is 18.9 Å². The number of fused-ring (bicyclic) bond motifs is 2. The molecule has 0 aliphatic carbocycles. The lowest BCUT2D eigenvalue weighted by Gasteiger charge is -2.19. The summed E-state index contributed by atoms with van der Waals surface area (Å²) in [6, 6.07) is 9.95. The summed E-state index contributed by atoms with van der Waals surface area (Å²) in [5.74, 6) is -0.273. The Morgan fingerprint density at radius 1 is 1.18 bits per heavy atom. The maximum atomic E-state index is 13.3. The van der Waals surface area contributed by atoms with Crippen molar-refractivity contribution in [1.82, 2.24) is 14.9 Å². The number of amides is 1. The molecule has 1 unspecified atom stereocenters. The Balaban J connectivity index is 1.48. The van der Waals surface area contributed by atoms with Crippen molar-refractivity contribution in [1.29, 1.82) is 0 Å². The number of hydrogen-bond donors (Lipinski definition) is 2. The molecular formula is C24H21N3O6. The van der Waals surface area contributed by atoms with E-state index in [0.717, 1.165) is 0 Å². The summed E-state index contributed by atoms with van der Waals surface area (Å²) in [5, 5.41) is 14.0. The molecule has 0 spiro atoms. The van der Waals surface area contributed by atoms with Gasteiger partial charge in [-0.3, -0.25) is 9.59 Å². The lowest BCUT2D eigenvalue weighted by atomic mass is 9.87. The van der Waals surface area contributed by atoms with E-state index < -0.39 is 5.92 Å². The second kappa shape index (κ2) is 8.70. The quantitative estimate of drug-likeness (QED) is 0.448. The van der Waals surface area contributed by atoms with Crippen molar-refractivity contribution in [2.75, 3.05) is 13.3 Å². The Bertz CT molecular complexity index is 1360. The van der Waals surface area contributed by atoms with E-state index in [1.54, 1.807) is 49.1 Å². The molecule has 2 aromatic heterocycles. The number of hydrogen-bond acceptors (Lipinski definition) is 7. The van der Waals surface area contributed by atoms with E-state index in [4.69, 9.17) is 13.9 Å². The molecule has 5 rings (SSSR count). The summed E-state index contributed by atoms with van der Waals surface area (Å²) in [6.45, 7) is 0.987. The highest BCUT2D eigenvalue weighted by Gasteiger charge is 2.28. The monoisotopic (exact) mass is 447 g/mol. The molecule has 1 amide bonds. The molecule has 1 atom stereocenters. The SMILES string of the molecule is O=C(CC(c1cc2c(cc1O)OCO2)c1coc2ccccc2c1=O)NCCn1ccnc1. The minimum absolute atomic E-state index is 0.0374. The van der Waals surface area contributed by atoms with E-state index in [1.165, 1.54) is 12.3 Å². The Kier molecular flexibility index (Phi) is 5.43. The van der Waals surface area contributed by atoms with Crippen LogP contribution in [0.1, 0.15) is 23.5 Å². The average Bonchev–Trinajstić information content (AvgIpc) is 3.50. The van der Waals surface area contributed by atoms with Crippen LogP contribution in [0.3, 0.4) is 0 Å². The highest BCUT2D eigenvalue weighted by Crippen LogP contribution is 2.42. The van der Waals surface area contributed by atoms with Gasteiger partial charge in [0.2, 0.25) is 12.7 Å². The van der Waals surface area contributed by atoms with Crippen molar-refractivity contribution in [2.24, 2.45) is 0 Å². The van der Waals surface area contributed by atoms with Crippen molar-refractivity contribution < 1.29 is 23.8 Å². The maximum absolute atomic E-state index is 13.3. The van der Waals surface area contributed by atoms with E-state index in [2.05, 4.69) is 10.3 Å². The van der Waals surface area contributed by atoms with Crippen molar-refractivity contribution >= 4 is 16.9 Å². The van der Waals surface area contributed by atoms with E-state index in [1.807, 2.05) is 4.57 Å². The summed E-state index contributed by atoms with van der Waals surface area (Å²) >= 11 is 0. The number of nitrogens with one attached hydrogen (secondary N) is 1. The normalized spacial score (nSPS) is 13.2. The fraction of sp³-hybridized carbons (Fsp3) is 0.208. The van der Waals surface area contributed by atoms with E-state index >= 15 is 0 Å². The minimum atomic E-state index is -0.756. The van der Waals surface area contributed by atoms with Gasteiger partial charge in [0.25, 0.3) is 0 Å². The van der Waals surface area contributed by atoms with Gasteiger partial charge >= 0.3 is 0 Å². The van der Waals surface area contributed by atoms with Gasteiger partial charge in [0.05, 0.1) is 18.0 Å². The van der Waals surface area contributed by atoms with E-state index in [-0.39, 0.29) is 35.9 Å². The summed E-state index contributed by atoms with van der Waals surface area (Å²) in [6.07, 6.45) is 6.43. The van der Waals surface area contributed by atoms with Gasteiger partial charge in [-0.15, -0.1) is 0 Å². The first-order chi connectivity index (χ1) is 16.1. The molecule has 0 saturated heterocycles. The molecule has 1 aliphatic heterocycles. The molecule has 0 radical (unpaired) electrons. The first-order valence-electron chi connectivity index (χ1n) is 10.5. The number of phenols is 1. The number of rotatable bonds is 7. The van der Waals surface area contributed by atoms with Gasteiger partial charge in [-0.25, -0.2) is 4.98 Å². The number of nitrogens with zero attached hydrogens (tertiary/aromatic N) is 2. The predicted molar refractivity (Wildman–Crippen MR) is 118 cm³/mol. The molecule has 33 heavy (non-hydrogen) atoms. The zero-order valence-electron chi connectivity index (χ0n) is 17.6. The molecule has 3 heterocycles. The zero-order valence-corrected chi connectivity index (χ0v) is 17.6. The molecule has 168 valence electrons. The predicted octanol–water partition coefficient (Wildman–Crippen LogP) is 2.76. The van der Waals surface area contributed by atoms with Crippen LogP contribution in [0, 0.1) is 0 Å². The third kappa shape index (κ3) is 4.12. The summed E-state index contributed by atoms with van der Waals surface area (Å²) in [4.78, 5) is 30.1. The van der Waals surface area contributed by atoms with Crippen LogP contribution in [0.4, 0.5) is 0 Å². The molecule has 0 bridgehead atoms. The van der Waals surface area contributed by atoms with Crippen LogP contribution in [-0.2, 0) is 11.3 Å². The zero-order chi connectivity index (χ0) is 22.8. The molecule has 2 N–H and O–H groups in total. The topological polar surface area (TPSA) is 116 Å². The van der Waals surface area contributed by atoms with Crippen LogP contribution in [0.5, 0.6) is 17.2 Å². The highest BCUT2D eigenvalue weighted by atomic mass is 16.7. The lowest BCUT2D eigenvalue weighted by molar-refractivity contribution is -0.121. The number of aromatic nitrogens is 2. The molecule has 0 saturated carbocycles. The number of carbonyl (C=O) groups is 1. The second-order valence-electron chi connectivity index (χ2n) is 7.69. The smallest absolute Gasteiger partial charge is 0.231 e. The van der Waals surface area contributed by atoms with Crippen LogP contribution in [-0.4, -0.2) is 33.9 Å². The van der Waals surface area contributed by atoms with Gasteiger partial charge in [0.1, 0.15) is 11.3 Å². The van der Waals surface area contributed by atoms with Crippen molar-refractivity contribution in [3.05, 3.63) is 82.7 Å². The highest BCUT2D eigenvalue weighted by molar-refractivity contribution is 5.80. The minimum Gasteiger partial charge on any atom is -0.508 e. The van der Waals surface area contributed by atoms with E-state index in [9.17, 15) is 14.7 Å². The summed E-state index contributed by atoms with van der Waals surface area (Å²) < 4.78 is 18.3. The molecule has 2 aromatic carbocycles. The number of carbonyl (C=O) groups excluding carboxylic acids is 1. The summed E-state index contributed by atoms with van der Waals surface area (Å²) in [7, 11) is 0. The number of phenolic OH excluding ortho intramolecular Hbond substituents is 1. The number of para-hydroxylation sites is 1. The largest absolute Gasteiger partial charge is 0.508 e. The molecular weight excluding hydrogens is 426 g/mol. The number of benzene rings is 2. The molecule has 9 heteroatoms. The van der Waals surface area contributed by atoms with Crippen LogP contribution in [0.25, 0.3) is 11.0 Å².